The van der Waals surface area contributed by atoms with Crippen LogP contribution in [0.3, 0.4) is 0 Å². The lowest BCUT2D eigenvalue weighted by Gasteiger charge is -2.14. The summed E-state index contributed by atoms with van der Waals surface area (Å²) in [6, 6.07) is 6.87. The van der Waals surface area contributed by atoms with E-state index in [2.05, 4.69) is 0 Å². The summed E-state index contributed by atoms with van der Waals surface area (Å²) in [5.74, 6) is -0.194. The topological polar surface area (TPSA) is 34.1 Å². The number of hydrogen-bond donors (Lipinski definition) is 0. The second-order valence-electron chi connectivity index (χ2n) is 3.79. The summed E-state index contributed by atoms with van der Waals surface area (Å²) in [5, 5.41) is 0. The molecule has 0 N–H and O–H groups in total. The third-order valence-corrected chi connectivity index (χ3v) is 2.62. The number of hydrogen-bond acceptors (Lipinski definition) is 3. The van der Waals surface area contributed by atoms with Crippen LogP contribution in [-0.2, 0) is 0 Å². The molecule has 0 bridgehead atoms. The Kier molecular flexibility index (Phi) is 2.79. The fourth-order valence-corrected chi connectivity index (χ4v) is 1.93. The van der Waals surface area contributed by atoms with Crippen molar-refractivity contribution in [1.82, 2.24) is 0 Å². The van der Waals surface area contributed by atoms with Crippen molar-refractivity contribution in [1.29, 1.82) is 0 Å². The molecule has 1 aromatic carbocycles. The molecule has 1 aliphatic carbocycles. The molecule has 0 aromatic heterocycles. The maximum absolute atomic E-state index is 12.0. The Morgan fingerprint density at radius 2 is 1.81 bits per heavy atom. The minimum atomic E-state index is -0.110. The first-order valence-corrected chi connectivity index (χ1v) is 5.38. The minimum absolute atomic E-state index is 0.0839. The Morgan fingerprint density at radius 1 is 1.19 bits per heavy atom. The van der Waals surface area contributed by atoms with Gasteiger partial charge in [0, 0.05) is 23.1 Å². The number of thiocarbonyl (C=S) groups is 1. The molecule has 0 fully saturated rings. The van der Waals surface area contributed by atoms with Gasteiger partial charge in [-0.1, -0.05) is 36.5 Å². The highest BCUT2D eigenvalue weighted by atomic mass is 32.1. The van der Waals surface area contributed by atoms with E-state index in [9.17, 15) is 9.59 Å². The number of allylic oxidation sites excluding steroid dienone is 2. The van der Waals surface area contributed by atoms with Crippen molar-refractivity contribution in [2.45, 2.75) is 13.3 Å². The van der Waals surface area contributed by atoms with Gasteiger partial charge in [0.15, 0.2) is 11.6 Å². The van der Waals surface area contributed by atoms with Crippen LogP contribution in [0.1, 0.15) is 34.1 Å². The average Bonchev–Trinajstić information content (AvgIpc) is 2.25. The number of ketones is 2. The van der Waals surface area contributed by atoms with E-state index in [0.29, 0.717) is 28.0 Å². The average molecular weight is 230 g/mol. The Hall–Kier alpha value is -1.61. The van der Waals surface area contributed by atoms with Crippen molar-refractivity contribution >= 4 is 28.6 Å². The van der Waals surface area contributed by atoms with Gasteiger partial charge in [-0.15, -0.1) is 0 Å². The van der Waals surface area contributed by atoms with Crippen molar-refractivity contribution in [2.75, 3.05) is 0 Å². The molecular formula is C13H10O2S. The van der Waals surface area contributed by atoms with E-state index in [-0.39, 0.29) is 11.6 Å². The molecule has 0 spiro atoms. The summed E-state index contributed by atoms with van der Waals surface area (Å²) in [6.45, 7) is 1.77. The summed E-state index contributed by atoms with van der Waals surface area (Å²) in [7, 11) is 0. The maximum Gasteiger partial charge on any atom is 0.190 e. The van der Waals surface area contributed by atoms with Crippen LogP contribution < -0.4 is 0 Å². The van der Waals surface area contributed by atoms with Gasteiger partial charge in [0.1, 0.15) is 0 Å². The molecule has 2 rings (SSSR count). The molecule has 0 atom stereocenters. The SMILES string of the molecule is CC(=S)CC1=CC(=O)c2ccccc2C1=O. The summed E-state index contributed by atoms with van der Waals surface area (Å²) in [6.07, 6.45) is 1.80. The predicted molar refractivity (Wildman–Crippen MR) is 66.1 cm³/mol. The minimum Gasteiger partial charge on any atom is -0.289 e. The number of Topliss-reactive ketones (excluding diaryl/α,β-unsaturated/α-hetero) is 1. The highest BCUT2D eigenvalue weighted by Gasteiger charge is 2.24. The van der Waals surface area contributed by atoms with Crippen molar-refractivity contribution in [3.05, 3.63) is 47.0 Å². The fourth-order valence-electron chi connectivity index (χ4n) is 1.77. The van der Waals surface area contributed by atoms with Gasteiger partial charge in [-0.3, -0.25) is 9.59 Å². The molecule has 1 aliphatic rings. The second-order valence-corrected chi connectivity index (χ2v) is 4.48. The molecule has 0 aliphatic heterocycles. The third kappa shape index (κ3) is 1.86. The molecule has 0 radical (unpaired) electrons. The van der Waals surface area contributed by atoms with Gasteiger partial charge in [0.25, 0.3) is 0 Å². The Morgan fingerprint density at radius 3 is 2.44 bits per heavy atom. The largest absolute Gasteiger partial charge is 0.289 e. The van der Waals surface area contributed by atoms with Gasteiger partial charge >= 0.3 is 0 Å². The quantitative estimate of drug-likeness (QED) is 0.733. The van der Waals surface area contributed by atoms with Crippen LogP contribution in [0.4, 0.5) is 0 Å². The molecule has 16 heavy (non-hydrogen) atoms. The molecule has 0 unspecified atom stereocenters. The van der Waals surface area contributed by atoms with Crippen molar-refractivity contribution in [3.8, 4) is 0 Å². The molecule has 0 heterocycles. The van der Waals surface area contributed by atoms with E-state index in [4.69, 9.17) is 12.2 Å². The summed E-state index contributed by atoms with van der Waals surface area (Å²) < 4.78 is 0. The summed E-state index contributed by atoms with van der Waals surface area (Å²) in [4.78, 5) is 24.5. The number of fused-ring (bicyclic) bond motifs is 1. The van der Waals surface area contributed by atoms with Crippen LogP contribution in [0, 0.1) is 0 Å². The molecule has 2 nitrogen and oxygen atoms in total. The lowest BCUT2D eigenvalue weighted by Crippen LogP contribution is -2.17. The molecule has 80 valence electrons. The first-order chi connectivity index (χ1) is 7.59. The standard InChI is InChI=1S/C13H10O2S/c1-8(16)6-9-7-12(14)10-4-2-3-5-11(10)13(9)15/h2-5,7H,6H2,1H3. The Bertz CT molecular complexity index is 526. The first kappa shape index (κ1) is 10.9. The van der Waals surface area contributed by atoms with E-state index in [1.54, 1.807) is 31.2 Å². The highest BCUT2D eigenvalue weighted by molar-refractivity contribution is 7.80. The van der Waals surface area contributed by atoms with E-state index < -0.39 is 0 Å². The van der Waals surface area contributed by atoms with Crippen molar-refractivity contribution < 1.29 is 9.59 Å². The molecule has 3 heteroatoms. The normalized spacial score (nSPS) is 14.4. The number of rotatable bonds is 2. The summed E-state index contributed by atoms with van der Waals surface area (Å²) in [5.41, 5.74) is 1.47. The smallest absolute Gasteiger partial charge is 0.190 e. The monoisotopic (exact) mass is 230 g/mol. The Labute approximate surface area is 99.0 Å². The van der Waals surface area contributed by atoms with Gasteiger partial charge in [-0.2, -0.15) is 0 Å². The van der Waals surface area contributed by atoms with Gasteiger partial charge in [-0.25, -0.2) is 0 Å². The molecule has 1 aromatic rings. The lowest BCUT2D eigenvalue weighted by atomic mass is 9.88. The molecule has 0 saturated heterocycles. The van der Waals surface area contributed by atoms with Crippen molar-refractivity contribution in [2.24, 2.45) is 0 Å². The zero-order chi connectivity index (χ0) is 11.7. The van der Waals surface area contributed by atoms with Gasteiger partial charge in [0.05, 0.1) is 0 Å². The maximum atomic E-state index is 12.0. The zero-order valence-corrected chi connectivity index (χ0v) is 9.64. The summed E-state index contributed by atoms with van der Waals surface area (Å²) >= 11 is 4.96. The van der Waals surface area contributed by atoms with Crippen LogP contribution in [-0.4, -0.2) is 16.4 Å². The van der Waals surface area contributed by atoms with E-state index >= 15 is 0 Å². The van der Waals surface area contributed by atoms with Gasteiger partial charge < -0.3 is 0 Å². The lowest BCUT2D eigenvalue weighted by molar-refractivity contribution is 0.0983. The van der Waals surface area contributed by atoms with Crippen LogP contribution in [0.25, 0.3) is 0 Å². The Balaban J connectivity index is 2.47. The van der Waals surface area contributed by atoms with Crippen molar-refractivity contribution in [3.63, 3.8) is 0 Å². The zero-order valence-electron chi connectivity index (χ0n) is 8.82. The van der Waals surface area contributed by atoms with E-state index in [1.807, 2.05) is 0 Å². The molecule has 0 amide bonds. The van der Waals surface area contributed by atoms with E-state index in [0.717, 1.165) is 0 Å². The van der Waals surface area contributed by atoms with Gasteiger partial charge in [0.2, 0.25) is 0 Å². The van der Waals surface area contributed by atoms with Crippen LogP contribution in [0.2, 0.25) is 0 Å². The number of carbonyl (C=O) groups is 2. The van der Waals surface area contributed by atoms with Gasteiger partial charge in [-0.05, 0) is 17.9 Å². The van der Waals surface area contributed by atoms with Crippen LogP contribution >= 0.6 is 12.2 Å². The van der Waals surface area contributed by atoms with Crippen LogP contribution in [0.5, 0.6) is 0 Å². The second kappa shape index (κ2) is 4.10. The fraction of sp³-hybridized carbons (Fsp3) is 0.154. The number of benzene rings is 1. The van der Waals surface area contributed by atoms with E-state index in [1.165, 1.54) is 6.08 Å². The van der Waals surface area contributed by atoms with Crippen LogP contribution in [0.15, 0.2) is 35.9 Å². The predicted octanol–water partition coefficient (Wildman–Crippen LogP) is 2.77. The molecule has 0 saturated carbocycles. The first-order valence-electron chi connectivity index (χ1n) is 4.97. The molecular weight excluding hydrogens is 220 g/mol. The highest BCUT2D eigenvalue weighted by Crippen LogP contribution is 2.23. The number of carbonyl (C=O) groups excluding carboxylic acids is 2. The third-order valence-electron chi connectivity index (χ3n) is 2.47.